The van der Waals surface area contributed by atoms with Crippen LogP contribution in [0.25, 0.3) is 0 Å². The summed E-state index contributed by atoms with van der Waals surface area (Å²) in [5.74, 6) is 0.643. The van der Waals surface area contributed by atoms with Crippen molar-refractivity contribution in [1.82, 2.24) is 9.55 Å². The first-order chi connectivity index (χ1) is 12.5. The maximum absolute atomic E-state index is 12.5. The third kappa shape index (κ3) is 4.07. The molecule has 6 nitrogen and oxygen atoms in total. The molecule has 0 aliphatic carbocycles. The summed E-state index contributed by atoms with van der Waals surface area (Å²) in [5.41, 5.74) is 1.45. The van der Waals surface area contributed by atoms with Gasteiger partial charge in [0, 0.05) is 18.7 Å². The average Bonchev–Trinajstić information content (AvgIpc) is 2.99. The minimum Gasteiger partial charge on any atom is -0.492 e. The molecule has 0 spiro atoms. The molecule has 0 bridgehead atoms. The summed E-state index contributed by atoms with van der Waals surface area (Å²) in [4.78, 5) is 30.1. The molecule has 1 atom stereocenters. The first kappa shape index (κ1) is 18.8. The Labute approximate surface area is 160 Å². The van der Waals surface area contributed by atoms with Crippen LogP contribution < -0.4 is 15.6 Å². The van der Waals surface area contributed by atoms with Crippen molar-refractivity contribution in [3.05, 3.63) is 40.3 Å². The van der Waals surface area contributed by atoms with Gasteiger partial charge in [0.2, 0.25) is 5.91 Å². The topological polar surface area (TPSA) is 73.2 Å². The zero-order valence-electron chi connectivity index (χ0n) is 14.9. The van der Waals surface area contributed by atoms with Crippen LogP contribution in [0.4, 0.5) is 5.69 Å². The largest absolute Gasteiger partial charge is 0.492 e. The molecule has 1 aromatic carbocycles. The average molecular weight is 392 g/mol. The molecule has 3 rings (SSSR count). The Balaban J connectivity index is 1.68. The molecule has 1 amide bonds. The van der Waals surface area contributed by atoms with E-state index in [0.29, 0.717) is 28.5 Å². The monoisotopic (exact) mass is 391 g/mol. The van der Waals surface area contributed by atoms with E-state index in [1.54, 1.807) is 24.9 Å². The highest BCUT2D eigenvalue weighted by Crippen LogP contribution is 2.34. The number of ether oxygens (including phenoxy) is 1. The van der Waals surface area contributed by atoms with E-state index in [1.165, 1.54) is 16.3 Å². The predicted molar refractivity (Wildman–Crippen MR) is 105 cm³/mol. The highest BCUT2D eigenvalue weighted by atomic mass is 32.2. The number of para-hydroxylation sites is 2. The first-order valence-corrected chi connectivity index (χ1v) is 10.3. The van der Waals surface area contributed by atoms with Crippen molar-refractivity contribution in [2.24, 2.45) is 7.05 Å². The lowest BCUT2D eigenvalue weighted by molar-refractivity contribution is -0.113. The lowest BCUT2D eigenvalue weighted by Crippen LogP contribution is -2.23. The van der Waals surface area contributed by atoms with Crippen molar-refractivity contribution in [3.8, 4) is 5.75 Å². The Morgan fingerprint density at radius 2 is 2.23 bits per heavy atom. The Bertz CT molecular complexity index is 882. The van der Waals surface area contributed by atoms with Crippen molar-refractivity contribution < 1.29 is 9.53 Å². The summed E-state index contributed by atoms with van der Waals surface area (Å²) in [6.07, 6.45) is 0.789. The Kier molecular flexibility index (Phi) is 5.93. The maximum Gasteiger partial charge on any atom is 0.267 e. The number of anilines is 1. The van der Waals surface area contributed by atoms with Gasteiger partial charge in [-0.3, -0.25) is 14.2 Å². The highest BCUT2D eigenvalue weighted by Gasteiger charge is 2.25. The van der Waals surface area contributed by atoms with Gasteiger partial charge in [-0.2, -0.15) is 0 Å². The molecule has 1 N–H and O–H groups in total. The van der Waals surface area contributed by atoms with E-state index >= 15 is 0 Å². The van der Waals surface area contributed by atoms with E-state index in [0.717, 1.165) is 17.0 Å². The number of nitrogens with zero attached hydrogens (tertiary/aromatic N) is 2. The van der Waals surface area contributed by atoms with Gasteiger partial charge in [-0.15, -0.1) is 11.8 Å². The van der Waals surface area contributed by atoms with Crippen molar-refractivity contribution in [1.29, 1.82) is 0 Å². The number of thioether (sulfide) groups is 2. The molecule has 2 aromatic rings. The van der Waals surface area contributed by atoms with Crippen LogP contribution >= 0.6 is 23.5 Å². The smallest absolute Gasteiger partial charge is 0.267 e. The molecule has 26 heavy (non-hydrogen) atoms. The van der Waals surface area contributed by atoms with E-state index in [1.807, 2.05) is 25.1 Å². The molecule has 1 aliphatic rings. The highest BCUT2D eigenvalue weighted by molar-refractivity contribution is 8.00. The van der Waals surface area contributed by atoms with E-state index in [-0.39, 0.29) is 17.2 Å². The van der Waals surface area contributed by atoms with Gasteiger partial charge in [0.25, 0.3) is 5.56 Å². The summed E-state index contributed by atoms with van der Waals surface area (Å²) in [7, 11) is 1.70. The summed E-state index contributed by atoms with van der Waals surface area (Å²) in [6.45, 7) is 4.51. The molecule has 138 valence electrons. The maximum atomic E-state index is 12.5. The molecule has 1 aromatic heterocycles. The number of hydrogen-bond acceptors (Lipinski definition) is 6. The van der Waals surface area contributed by atoms with Gasteiger partial charge in [0.1, 0.15) is 5.75 Å². The van der Waals surface area contributed by atoms with Gasteiger partial charge in [-0.25, -0.2) is 4.98 Å². The van der Waals surface area contributed by atoms with Gasteiger partial charge in [0.15, 0.2) is 5.16 Å². The molecule has 0 unspecified atom stereocenters. The van der Waals surface area contributed by atoms with Crippen molar-refractivity contribution in [2.45, 2.75) is 35.6 Å². The predicted octanol–water partition coefficient (Wildman–Crippen LogP) is 2.95. The van der Waals surface area contributed by atoms with Gasteiger partial charge in [0.05, 0.1) is 28.6 Å². The molecule has 1 aliphatic heterocycles. The number of amides is 1. The minimum atomic E-state index is -0.167. The zero-order valence-corrected chi connectivity index (χ0v) is 16.6. The van der Waals surface area contributed by atoms with Crippen LogP contribution in [0.15, 0.2) is 39.1 Å². The van der Waals surface area contributed by atoms with Crippen molar-refractivity contribution in [3.63, 3.8) is 0 Å². The van der Waals surface area contributed by atoms with Crippen LogP contribution in [-0.4, -0.2) is 33.1 Å². The second kappa shape index (κ2) is 8.18. The van der Waals surface area contributed by atoms with E-state index in [9.17, 15) is 9.59 Å². The Morgan fingerprint density at radius 3 is 3.00 bits per heavy atom. The third-order valence-corrected chi connectivity index (χ3v) is 6.12. The second-order valence-electron chi connectivity index (χ2n) is 5.93. The first-order valence-electron chi connectivity index (χ1n) is 8.40. The summed E-state index contributed by atoms with van der Waals surface area (Å²) >= 11 is 2.84. The molecular weight excluding hydrogens is 370 g/mol. The fraction of sp³-hybridized carbons (Fsp3) is 0.389. The molecule has 0 fully saturated rings. The van der Waals surface area contributed by atoms with E-state index < -0.39 is 0 Å². The standard InChI is InChI=1S/C18H21N3O3S2/c1-4-24-14-8-6-5-7-12(14)19-15(22)10-25-18-20-13-9-11(2)26-16(13)17(23)21(18)3/h5-8,11H,4,9-10H2,1-3H3,(H,19,22)/t11-/m1/s1. The molecular formula is C18H21N3O3S2. The summed E-state index contributed by atoms with van der Waals surface area (Å²) in [6, 6.07) is 7.32. The number of carbonyl (C=O) groups is 1. The Hall–Kier alpha value is -1.93. The normalized spacial score (nSPS) is 15.6. The van der Waals surface area contributed by atoms with Gasteiger partial charge >= 0.3 is 0 Å². The van der Waals surface area contributed by atoms with Crippen molar-refractivity contribution >= 4 is 35.1 Å². The van der Waals surface area contributed by atoms with Crippen LogP contribution in [0.1, 0.15) is 19.5 Å². The van der Waals surface area contributed by atoms with Crippen LogP contribution in [0.5, 0.6) is 5.75 Å². The zero-order chi connectivity index (χ0) is 18.7. The minimum absolute atomic E-state index is 0.0334. The number of fused-ring (bicyclic) bond motifs is 1. The van der Waals surface area contributed by atoms with Gasteiger partial charge < -0.3 is 10.1 Å². The van der Waals surface area contributed by atoms with E-state index in [2.05, 4.69) is 17.2 Å². The fourth-order valence-electron chi connectivity index (χ4n) is 2.67. The quantitative estimate of drug-likeness (QED) is 0.603. The van der Waals surface area contributed by atoms with Crippen LogP contribution in [0.3, 0.4) is 0 Å². The van der Waals surface area contributed by atoms with Crippen LogP contribution in [0.2, 0.25) is 0 Å². The molecule has 0 saturated heterocycles. The SMILES string of the molecule is CCOc1ccccc1NC(=O)CSc1nc2c(c(=O)n1C)S[C@H](C)C2. The Morgan fingerprint density at radius 1 is 1.46 bits per heavy atom. The second-order valence-corrected chi connectivity index (χ2v) is 8.32. The number of rotatable bonds is 6. The number of aromatic nitrogens is 2. The molecule has 0 saturated carbocycles. The molecule has 8 heteroatoms. The number of carbonyl (C=O) groups excluding carboxylic acids is 1. The lowest BCUT2D eigenvalue weighted by Gasteiger charge is -2.12. The van der Waals surface area contributed by atoms with Crippen molar-refractivity contribution in [2.75, 3.05) is 17.7 Å². The summed E-state index contributed by atoms with van der Waals surface area (Å²) in [5, 5.41) is 3.79. The van der Waals surface area contributed by atoms with Crippen LogP contribution in [-0.2, 0) is 18.3 Å². The lowest BCUT2D eigenvalue weighted by atomic mass is 10.2. The number of hydrogen-bond donors (Lipinski definition) is 1. The van der Waals surface area contributed by atoms with Gasteiger partial charge in [-0.05, 0) is 19.1 Å². The number of nitrogens with one attached hydrogen (secondary N) is 1. The van der Waals surface area contributed by atoms with E-state index in [4.69, 9.17) is 4.74 Å². The van der Waals surface area contributed by atoms with Gasteiger partial charge in [-0.1, -0.05) is 30.8 Å². The third-order valence-electron chi connectivity index (χ3n) is 3.87. The van der Waals surface area contributed by atoms with Crippen LogP contribution in [0, 0.1) is 0 Å². The summed E-state index contributed by atoms with van der Waals surface area (Å²) < 4.78 is 7.04. The number of benzene rings is 1. The molecule has 0 radical (unpaired) electrons. The molecule has 2 heterocycles. The fourth-order valence-corrected chi connectivity index (χ4v) is 4.60.